The molecule has 0 spiro atoms. The van der Waals surface area contributed by atoms with Crippen LogP contribution in [0.1, 0.15) is 0 Å². The Balaban J connectivity index is 5.14. The van der Waals surface area contributed by atoms with Gasteiger partial charge in [0.2, 0.25) is 0 Å². The van der Waals surface area contributed by atoms with Gasteiger partial charge >= 0.3 is 6.03 Å². The first-order valence-electron chi connectivity index (χ1n) is 5.76. The number of nitrogens with zero attached hydrogens (tertiary/aromatic N) is 6. The van der Waals surface area contributed by atoms with Crippen molar-refractivity contribution in [2.45, 2.75) is 11.6 Å². The van der Waals surface area contributed by atoms with Crippen LogP contribution in [0.2, 0.25) is 0 Å². The van der Waals surface area contributed by atoms with Crippen LogP contribution in [-0.2, 0) is 0 Å². The van der Waals surface area contributed by atoms with Crippen molar-refractivity contribution in [2.24, 2.45) is 0 Å². The van der Waals surface area contributed by atoms with E-state index in [1.54, 1.807) is 0 Å². The van der Waals surface area contributed by atoms with E-state index in [2.05, 4.69) is 0 Å². The maximum Gasteiger partial charge on any atom is 0.315 e. The van der Waals surface area contributed by atoms with E-state index in [0.29, 0.717) is 0 Å². The average molecular weight is 392 g/mol. The zero-order valence-corrected chi connectivity index (χ0v) is 12.1. The van der Waals surface area contributed by atoms with Crippen LogP contribution in [0.5, 0.6) is 0 Å². The lowest BCUT2D eigenvalue weighted by atomic mass is 10.3. The lowest BCUT2D eigenvalue weighted by molar-refractivity contribution is -0.367. The summed E-state index contributed by atoms with van der Waals surface area (Å²) in [6.45, 7) is -3.29. The molecule has 0 aromatic heterocycles. The molecule has 0 aromatic rings. The molecule has 0 radical (unpaired) electrons. The van der Waals surface area contributed by atoms with E-state index in [1.807, 2.05) is 0 Å². The summed E-state index contributed by atoms with van der Waals surface area (Å²) in [7, 11) is 0. The molecule has 21 heteroatoms. The number of carbonyl (C=O) groups excluding carboxylic acids is 1. The number of urea groups is 1. The first kappa shape index (κ1) is 24.6. The van der Waals surface area contributed by atoms with Crippen molar-refractivity contribution < 1.29 is 36.0 Å². The van der Waals surface area contributed by atoms with Gasteiger partial charge < -0.3 is 73.1 Å². The topological polar surface area (TPSA) is 320 Å². The van der Waals surface area contributed by atoms with E-state index in [4.69, 9.17) is 31.2 Å². The highest BCUT2D eigenvalue weighted by Gasteiger charge is 2.38. The molecular formula is C5H12N8O13-6. The molecular weight excluding hydrogens is 380 g/mol. The summed E-state index contributed by atoms with van der Waals surface area (Å²) in [6.07, 6.45) is 0. The van der Waals surface area contributed by atoms with E-state index >= 15 is 0 Å². The zero-order chi connectivity index (χ0) is 20.9. The van der Waals surface area contributed by atoms with Gasteiger partial charge in [0.15, 0.2) is 11.6 Å². The average Bonchev–Trinajstić information content (AvgIpc) is 2.45. The molecule has 0 bridgehead atoms. The van der Waals surface area contributed by atoms with Gasteiger partial charge in [-0.2, -0.15) is 0 Å². The number of amides is 2. The van der Waals surface area contributed by atoms with Crippen LogP contribution in [0.25, 0.3) is 0 Å². The molecule has 0 aromatic carbocycles. The first-order valence-corrected chi connectivity index (χ1v) is 5.76. The summed E-state index contributed by atoms with van der Waals surface area (Å²) < 4.78 is 0. The summed E-state index contributed by atoms with van der Waals surface area (Å²) in [4.78, 5) is 11.4. The second-order valence-corrected chi connectivity index (χ2v) is 4.22. The Morgan fingerprint density at radius 1 is 0.615 bits per heavy atom. The summed E-state index contributed by atoms with van der Waals surface area (Å²) >= 11 is 0. The number of carbonyl (C=O) groups is 1. The van der Waals surface area contributed by atoms with Crippen molar-refractivity contribution in [1.29, 1.82) is 0 Å². The van der Waals surface area contributed by atoms with Gasteiger partial charge in [-0.05, 0) is 0 Å². The Labute approximate surface area is 141 Å². The Hall–Kier alpha value is -1.45. The fourth-order valence-electron chi connectivity index (χ4n) is 1.31. The second kappa shape index (κ2) is 9.48. The summed E-state index contributed by atoms with van der Waals surface area (Å²) in [5, 5.41) is 110. The smallest absolute Gasteiger partial charge is 0.315 e. The van der Waals surface area contributed by atoms with Crippen LogP contribution >= 0.6 is 0 Å². The summed E-state index contributed by atoms with van der Waals surface area (Å²) in [5.74, 6) is -7.50. The predicted molar refractivity (Wildman–Crippen MR) is 68.8 cm³/mol. The monoisotopic (exact) mass is 392 g/mol. The molecule has 0 saturated carbocycles. The molecule has 8 N–H and O–H groups in total. The van der Waals surface area contributed by atoms with Gasteiger partial charge in [0.05, 0.1) is 13.1 Å². The number of rotatable bonds is 10. The Morgan fingerprint density at radius 3 is 0.962 bits per heavy atom. The Kier molecular flexibility index (Phi) is 8.95. The third-order valence-corrected chi connectivity index (χ3v) is 2.81. The highest BCUT2D eigenvalue weighted by Crippen LogP contribution is 2.19. The summed E-state index contributed by atoms with van der Waals surface area (Å²) in [5.41, 5.74) is 0. The first-order chi connectivity index (χ1) is 11.8. The fraction of sp³-hybridized carbons (Fsp3) is 0.800. The minimum Gasteiger partial charge on any atom is -0.760 e. The van der Waals surface area contributed by atoms with Crippen LogP contribution < -0.4 is 10.6 Å². The number of hydrogen-bond donors (Lipinski definition) is 8. The van der Waals surface area contributed by atoms with E-state index in [9.17, 15) is 36.0 Å². The van der Waals surface area contributed by atoms with Crippen molar-refractivity contribution in [3.63, 3.8) is 0 Å². The van der Waals surface area contributed by atoms with Crippen molar-refractivity contribution in [2.75, 3.05) is 13.1 Å². The van der Waals surface area contributed by atoms with Gasteiger partial charge in [-0.15, -0.1) is 0 Å². The molecule has 2 amide bonds. The largest absolute Gasteiger partial charge is 0.760 e. The van der Waals surface area contributed by atoms with Crippen LogP contribution in [-0.4, -0.2) is 93.3 Å². The minimum atomic E-state index is -3.75. The van der Waals surface area contributed by atoms with Crippen molar-refractivity contribution >= 4 is 6.03 Å². The van der Waals surface area contributed by atoms with E-state index < -0.39 is 62.1 Å². The van der Waals surface area contributed by atoms with Crippen molar-refractivity contribution in [3.05, 3.63) is 31.2 Å². The molecule has 0 fully saturated rings. The Morgan fingerprint density at radius 2 is 0.808 bits per heavy atom. The quantitative estimate of drug-likeness (QED) is 0.133. The predicted octanol–water partition coefficient (Wildman–Crippen LogP) is -3.27. The molecule has 0 aliphatic rings. The van der Waals surface area contributed by atoms with E-state index in [0.717, 1.165) is 0 Å². The van der Waals surface area contributed by atoms with E-state index in [1.165, 1.54) is 10.6 Å². The van der Waals surface area contributed by atoms with Crippen LogP contribution in [0.4, 0.5) is 4.79 Å². The van der Waals surface area contributed by atoms with Crippen LogP contribution in [0.3, 0.4) is 0 Å². The SMILES string of the molecule is O=C(NCC(N([O-])O)(N([O-])O)N([O-])O)NCC(N([O-])O)(N([O-])O)N([O-])O. The van der Waals surface area contributed by atoms with Crippen LogP contribution in [0, 0.1) is 31.2 Å². The van der Waals surface area contributed by atoms with Crippen molar-refractivity contribution in [3.8, 4) is 0 Å². The van der Waals surface area contributed by atoms with Gasteiger partial charge in [-0.3, -0.25) is 0 Å². The number of nitrogens with one attached hydrogen (secondary N) is 2. The van der Waals surface area contributed by atoms with Gasteiger partial charge in [-0.25, -0.2) is 36.2 Å². The van der Waals surface area contributed by atoms with Crippen molar-refractivity contribution in [1.82, 2.24) is 42.0 Å². The van der Waals surface area contributed by atoms with Crippen LogP contribution in [0.15, 0.2) is 0 Å². The highest BCUT2D eigenvalue weighted by molar-refractivity contribution is 5.74. The fourth-order valence-corrected chi connectivity index (χ4v) is 1.31. The molecule has 21 nitrogen and oxygen atoms in total. The number of hydrogen-bond acceptors (Lipinski definition) is 19. The molecule has 0 saturated heterocycles. The maximum absolute atomic E-state index is 11.4. The third kappa shape index (κ3) is 4.83. The third-order valence-electron chi connectivity index (χ3n) is 2.81. The molecule has 26 heavy (non-hydrogen) atoms. The lowest BCUT2D eigenvalue weighted by Gasteiger charge is -2.57. The van der Waals surface area contributed by atoms with Gasteiger partial charge in [0, 0.05) is 0 Å². The molecule has 0 atom stereocenters. The maximum atomic E-state index is 11.4. The van der Waals surface area contributed by atoms with Gasteiger partial charge in [0.1, 0.15) is 0 Å². The molecule has 0 heterocycles. The normalized spacial score (nSPS) is 13.6. The summed E-state index contributed by atoms with van der Waals surface area (Å²) in [6, 6.07) is -1.69. The molecule has 0 rings (SSSR count). The lowest BCUT2D eigenvalue weighted by Crippen LogP contribution is -2.70. The highest BCUT2D eigenvalue weighted by atomic mass is 16.9. The Bertz CT molecular complexity index is 363. The van der Waals surface area contributed by atoms with Gasteiger partial charge in [0.25, 0.3) is 0 Å². The molecule has 0 aliphatic heterocycles. The molecule has 156 valence electrons. The molecule has 0 unspecified atom stereocenters. The second-order valence-electron chi connectivity index (χ2n) is 4.22. The van der Waals surface area contributed by atoms with Gasteiger partial charge in [-0.1, -0.05) is 0 Å². The number of hydroxylamine groups is 12. The minimum absolute atomic E-state index is 1.40. The standard InChI is InChI=1S/C5H12N8O13/c14-3(6-1-4(8(15)16,9(17)18)10(19)20)7-2-5(11(21)22,12(23)24)13(25)26/h15,17,19,21,23,25H,1-2H2,(H2,6,7,14)/q-6. The molecule has 0 aliphatic carbocycles. The zero-order valence-electron chi connectivity index (χ0n) is 12.1. The van der Waals surface area contributed by atoms with E-state index in [-0.39, 0.29) is 0 Å².